The van der Waals surface area contributed by atoms with Crippen molar-refractivity contribution < 1.29 is 23.8 Å². The number of furan rings is 1. The third-order valence-corrected chi connectivity index (χ3v) is 7.22. The summed E-state index contributed by atoms with van der Waals surface area (Å²) >= 11 is 0. The third kappa shape index (κ3) is 3.74. The summed E-state index contributed by atoms with van der Waals surface area (Å²) in [6.07, 6.45) is 2.23. The van der Waals surface area contributed by atoms with E-state index in [0.29, 0.717) is 23.6 Å². The first-order chi connectivity index (χ1) is 17.5. The van der Waals surface area contributed by atoms with Crippen LogP contribution in [0, 0.1) is 0 Å². The minimum absolute atomic E-state index is 0.0111. The van der Waals surface area contributed by atoms with Gasteiger partial charge < -0.3 is 24.1 Å². The van der Waals surface area contributed by atoms with Gasteiger partial charge in [0, 0.05) is 49.5 Å². The zero-order chi connectivity index (χ0) is 24.8. The Labute approximate surface area is 209 Å². The first kappa shape index (κ1) is 22.4. The molecule has 3 aliphatic heterocycles. The van der Waals surface area contributed by atoms with Crippen LogP contribution in [0.1, 0.15) is 22.9 Å². The van der Waals surface area contributed by atoms with Crippen molar-refractivity contribution in [3.05, 3.63) is 83.3 Å². The Morgan fingerprint density at radius 3 is 2.44 bits per heavy atom. The molecular weight excluding hydrogens is 458 g/mol. The fraction of sp³-hybridized carbons (Fsp3) is 0.286. The van der Waals surface area contributed by atoms with E-state index in [4.69, 9.17) is 9.15 Å². The molecule has 0 aliphatic carbocycles. The highest BCUT2D eigenvalue weighted by Gasteiger charge is 2.48. The summed E-state index contributed by atoms with van der Waals surface area (Å²) in [6.45, 7) is 4.42. The van der Waals surface area contributed by atoms with E-state index in [-0.39, 0.29) is 11.3 Å². The number of carbonyl (C=O) groups excluding carboxylic acids is 2. The van der Waals surface area contributed by atoms with E-state index in [0.717, 1.165) is 49.6 Å². The van der Waals surface area contributed by atoms with Crippen molar-refractivity contribution >= 4 is 28.8 Å². The van der Waals surface area contributed by atoms with Gasteiger partial charge in [-0.25, -0.2) is 0 Å². The maximum Gasteiger partial charge on any atom is 0.300 e. The molecule has 0 bridgehead atoms. The van der Waals surface area contributed by atoms with Crippen molar-refractivity contribution in [2.75, 3.05) is 49.6 Å². The summed E-state index contributed by atoms with van der Waals surface area (Å²) in [6, 6.07) is 15.5. The molecule has 2 aromatic carbocycles. The van der Waals surface area contributed by atoms with Crippen LogP contribution in [-0.4, -0.2) is 61.5 Å². The van der Waals surface area contributed by atoms with E-state index in [1.165, 1.54) is 11.2 Å². The molecule has 2 fully saturated rings. The highest BCUT2D eigenvalue weighted by molar-refractivity contribution is 6.51. The standard InChI is InChI=1S/C28H27N3O5/c1-29-11-13-30(14-12-29)20-5-7-21(8-6-20)31-25(23-3-2-15-35-23)24(27(33)28(31)34)26(32)19-4-9-22-18(17-19)10-16-36-22/h2-9,15,17,25,32H,10-14,16H2,1H3/b26-24-. The molecule has 2 saturated heterocycles. The molecular formula is C28H27N3O5. The molecule has 0 radical (unpaired) electrons. The van der Waals surface area contributed by atoms with E-state index in [1.807, 2.05) is 30.3 Å². The van der Waals surface area contributed by atoms with Crippen molar-refractivity contribution in [2.45, 2.75) is 12.5 Å². The molecule has 0 saturated carbocycles. The highest BCUT2D eigenvalue weighted by atomic mass is 16.5. The van der Waals surface area contributed by atoms with Crippen LogP contribution in [0.2, 0.25) is 0 Å². The van der Waals surface area contributed by atoms with Gasteiger partial charge in [-0.15, -0.1) is 0 Å². The average Bonchev–Trinajstić information content (AvgIpc) is 3.64. The Morgan fingerprint density at radius 2 is 1.72 bits per heavy atom. The summed E-state index contributed by atoms with van der Waals surface area (Å²) in [5.74, 6) is -0.483. The van der Waals surface area contributed by atoms with Gasteiger partial charge in [0.15, 0.2) is 0 Å². The Balaban J connectivity index is 1.39. The first-order valence-corrected chi connectivity index (χ1v) is 12.2. The van der Waals surface area contributed by atoms with Crippen molar-refractivity contribution in [1.82, 2.24) is 4.90 Å². The molecule has 8 heteroatoms. The molecule has 3 aromatic rings. The lowest BCUT2D eigenvalue weighted by Crippen LogP contribution is -2.44. The number of amides is 1. The zero-order valence-corrected chi connectivity index (χ0v) is 20.0. The molecule has 4 heterocycles. The number of aliphatic hydroxyl groups is 1. The van der Waals surface area contributed by atoms with Gasteiger partial charge in [0.2, 0.25) is 0 Å². The lowest BCUT2D eigenvalue weighted by molar-refractivity contribution is -0.132. The van der Waals surface area contributed by atoms with E-state index < -0.39 is 17.7 Å². The summed E-state index contributed by atoms with van der Waals surface area (Å²) in [5, 5.41) is 11.3. The van der Waals surface area contributed by atoms with Crippen molar-refractivity contribution in [1.29, 1.82) is 0 Å². The summed E-state index contributed by atoms with van der Waals surface area (Å²) < 4.78 is 11.2. The number of carbonyl (C=O) groups is 2. The number of hydrogen-bond donors (Lipinski definition) is 1. The van der Waals surface area contributed by atoms with E-state index >= 15 is 0 Å². The average molecular weight is 486 g/mol. The smallest absolute Gasteiger partial charge is 0.300 e. The SMILES string of the molecule is CN1CCN(c2ccc(N3C(=O)C(=O)/C(=C(\O)c4ccc5c(c4)CCO5)C3c3ccco3)cc2)CC1. The van der Waals surface area contributed by atoms with Gasteiger partial charge in [-0.05, 0) is 67.2 Å². The van der Waals surface area contributed by atoms with Crippen LogP contribution in [0.15, 0.2) is 70.9 Å². The number of ketones is 1. The van der Waals surface area contributed by atoms with Crippen LogP contribution in [0.25, 0.3) is 5.76 Å². The fourth-order valence-electron chi connectivity index (χ4n) is 5.19. The van der Waals surface area contributed by atoms with Crippen LogP contribution < -0.4 is 14.5 Å². The molecule has 1 amide bonds. The van der Waals surface area contributed by atoms with Gasteiger partial charge in [0.05, 0.1) is 18.4 Å². The Hall–Kier alpha value is -4.04. The van der Waals surface area contributed by atoms with Crippen LogP contribution in [0.3, 0.4) is 0 Å². The number of nitrogens with zero attached hydrogens (tertiary/aromatic N) is 3. The van der Waals surface area contributed by atoms with Gasteiger partial charge in [0.25, 0.3) is 11.7 Å². The fourth-order valence-corrected chi connectivity index (χ4v) is 5.19. The molecule has 1 atom stereocenters. The molecule has 6 rings (SSSR count). The molecule has 0 spiro atoms. The van der Waals surface area contributed by atoms with Crippen LogP contribution >= 0.6 is 0 Å². The lowest BCUT2D eigenvalue weighted by atomic mass is 9.98. The van der Waals surface area contributed by atoms with Crippen molar-refractivity contribution in [2.24, 2.45) is 0 Å². The summed E-state index contributed by atoms with van der Waals surface area (Å²) in [4.78, 5) is 32.6. The number of ether oxygens (including phenoxy) is 1. The van der Waals surface area contributed by atoms with E-state index in [2.05, 4.69) is 16.8 Å². The minimum Gasteiger partial charge on any atom is -0.507 e. The summed E-state index contributed by atoms with van der Waals surface area (Å²) in [7, 11) is 2.11. The number of aliphatic hydroxyl groups excluding tert-OH is 1. The summed E-state index contributed by atoms with van der Waals surface area (Å²) in [5.41, 5.74) is 3.08. The Bertz CT molecular complexity index is 1340. The number of rotatable bonds is 4. The molecule has 36 heavy (non-hydrogen) atoms. The quantitative estimate of drug-likeness (QED) is 0.343. The molecule has 1 unspecified atom stereocenters. The molecule has 1 aromatic heterocycles. The highest BCUT2D eigenvalue weighted by Crippen LogP contribution is 2.43. The zero-order valence-electron chi connectivity index (χ0n) is 20.0. The number of likely N-dealkylation sites (N-methyl/N-ethyl adjacent to an activating group) is 1. The van der Waals surface area contributed by atoms with Crippen LogP contribution in [0.5, 0.6) is 5.75 Å². The molecule has 8 nitrogen and oxygen atoms in total. The van der Waals surface area contributed by atoms with Gasteiger partial charge in [-0.3, -0.25) is 14.5 Å². The Morgan fingerprint density at radius 1 is 0.972 bits per heavy atom. The normalized spacial score (nSPS) is 21.6. The van der Waals surface area contributed by atoms with Gasteiger partial charge >= 0.3 is 0 Å². The number of fused-ring (bicyclic) bond motifs is 1. The monoisotopic (exact) mass is 485 g/mol. The number of hydrogen-bond acceptors (Lipinski definition) is 7. The number of benzene rings is 2. The number of piperazine rings is 1. The predicted octanol–water partition coefficient (Wildman–Crippen LogP) is 3.59. The number of Topliss-reactive ketones (excluding diaryl/α,β-unsaturated/α-hetero) is 1. The second-order valence-corrected chi connectivity index (χ2v) is 9.41. The predicted molar refractivity (Wildman–Crippen MR) is 135 cm³/mol. The number of anilines is 2. The molecule has 3 aliphatic rings. The van der Waals surface area contributed by atoms with E-state index in [9.17, 15) is 14.7 Å². The van der Waals surface area contributed by atoms with Crippen molar-refractivity contribution in [3.63, 3.8) is 0 Å². The largest absolute Gasteiger partial charge is 0.507 e. The van der Waals surface area contributed by atoms with Crippen LogP contribution in [-0.2, 0) is 16.0 Å². The second-order valence-electron chi connectivity index (χ2n) is 9.41. The third-order valence-electron chi connectivity index (χ3n) is 7.22. The van der Waals surface area contributed by atoms with Gasteiger partial charge in [0.1, 0.15) is 23.3 Å². The van der Waals surface area contributed by atoms with Gasteiger partial charge in [-0.1, -0.05) is 0 Å². The maximum atomic E-state index is 13.3. The van der Waals surface area contributed by atoms with E-state index in [1.54, 1.807) is 24.3 Å². The minimum atomic E-state index is -0.876. The Kier molecular flexibility index (Phi) is 5.53. The maximum absolute atomic E-state index is 13.3. The molecule has 1 N–H and O–H groups in total. The van der Waals surface area contributed by atoms with Crippen LogP contribution in [0.4, 0.5) is 11.4 Å². The van der Waals surface area contributed by atoms with Crippen molar-refractivity contribution in [3.8, 4) is 5.75 Å². The van der Waals surface area contributed by atoms with Gasteiger partial charge in [-0.2, -0.15) is 0 Å². The lowest BCUT2D eigenvalue weighted by Gasteiger charge is -2.34. The molecule has 184 valence electrons. The first-order valence-electron chi connectivity index (χ1n) is 12.2. The topological polar surface area (TPSA) is 86.5 Å². The second kappa shape index (κ2) is 8.87.